The summed E-state index contributed by atoms with van der Waals surface area (Å²) in [5, 5.41) is 10.3. The van der Waals surface area contributed by atoms with E-state index in [0.29, 0.717) is 11.6 Å². The number of carbonyl (C=O) groups is 1. The molecule has 1 aromatic rings. The van der Waals surface area contributed by atoms with Gasteiger partial charge >= 0.3 is 0 Å². The summed E-state index contributed by atoms with van der Waals surface area (Å²) in [6.45, 7) is 1.84. The first kappa shape index (κ1) is 14.0. The highest BCUT2D eigenvalue weighted by molar-refractivity contribution is 5.93. The van der Waals surface area contributed by atoms with Crippen LogP contribution in [0.25, 0.3) is 0 Å². The van der Waals surface area contributed by atoms with Gasteiger partial charge in [0.25, 0.3) is 5.91 Å². The molecule has 1 aromatic heterocycles. The fourth-order valence-corrected chi connectivity index (χ4v) is 2.00. The minimum atomic E-state index is -0.0360. The summed E-state index contributed by atoms with van der Waals surface area (Å²) in [5.74, 6) is -0.0360. The fourth-order valence-electron chi connectivity index (χ4n) is 2.00. The average molecular weight is 259 g/mol. The van der Waals surface area contributed by atoms with Crippen molar-refractivity contribution in [2.45, 2.75) is 25.3 Å². The van der Waals surface area contributed by atoms with Crippen LogP contribution in [0.15, 0.2) is 12.4 Å². The van der Waals surface area contributed by atoms with Gasteiger partial charge in [-0.1, -0.05) is 0 Å². The van der Waals surface area contributed by atoms with Crippen LogP contribution in [0.4, 0.5) is 0 Å². The Morgan fingerprint density at radius 2 is 2.53 bits per heavy atom. The van der Waals surface area contributed by atoms with E-state index in [4.69, 9.17) is 0 Å². The maximum absolute atomic E-state index is 11.6. The molecular formula is C11H19ClN4O. The molecule has 5 nitrogen and oxygen atoms in total. The first-order valence-electron chi connectivity index (χ1n) is 5.76. The minimum Gasteiger partial charge on any atom is -0.352 e. The number of halogens is 1. The largest absolute Gasteiger partial charge is 0.352 e. The molecule has 1 saturated heterocycles. The van der Waals surface area contributed by atoms with E-state index in [1.54, 1.807) is 24.1 Å². The molecule has 0 aliphatic carbocycles. The number of nitrogens with one attached hydrogen (secondary N) is 2. The monoisotopic (exact) mass is 258 g/mol. The van der Waals surface area contributed by atoms with Gasteiger partial charge in [0, 0.05) is 25.8 Å². The zero-order valence-electron chi connectivity index (χ0n) is 9.98. The molecule has 2 heterocycles. The first-order valence-corrected chi connectivity index (χ1v) is 5.76. The van der Waals surface area contributed by atoms with Gasteiger partial charge in [-0.3, -0.25) is 9.48 Å². The lowest BCUT2D eigenvalue weighted by Crippen LogP contribution is -2.30. The van der Waals surface area contributed by atoms with E-state index < -0.39 is 0 Å². The third kappa shape index (κ3) is 4.02. The number of rotatable bonds is 4. The lowest BCUT2D eigenvalue weighted by Gasteiger charge is -2.09. The summed E-state index contributed by atoms with van der Waals surface area (Å²) in [4.78, 5) is 11.6. The molecule has 2 N–H and O–H groups in total. The molecule has 1 aliphatic heterocycles. The van der Waals surface area contributed by atoms with Crippen LogP contribution in [0.2, 0.25) is 0 Å². The lowest BCUT2D eigenvalue weighted by atomic mass is 10.1. The number of aryl methyl sites for hydroxylation is 1. The minimum absolute atomic E-state index is 0. The topological polar surface area (TPSA) is 59.0 Å². The van der Waals surface area contributed by atoms with Crippen molar-refractivity contribution < 1.29 is 4.79 Å². The van der Waals surface area contributed by atoms with Gasteiger partial charge in [0.2, 0.25) is 0 Å². The van der Waals surface area contributed by atoms with Crippen LogP contribution in [0.5, 0.6) is 0 Å². The summed E-state index contributed by atoms with van der Waals surface area (Å²) in [6.07, 6.45) is 6.79. The van der Waals surface area contributed by atoms with Crippen LogP contribution >= 0.6 is 12.4 Å². The van der Waals surface area contributed by atoms with Crippen molar-refractivity contribution in [1.82, 2.24) is 20.4 Å². The molecule has 0 radical (unpaired) electrons. The van der Waals surface area contributed by atoms with Crippen molar-refractivity contribution in [2.24, 2.45) is 7.05 Å². The number of nitrogens with zero attached hydrogens (tertiary/aromatic N) is 2. The second-order valence-corrected chi connectivity index (χ2v) is 4.24. The van der Waals surface area contributed by atoms with Crippen LogP contribution in [0.1, 0.15) is 29.6 Å². The number of carbonyl (C=O) groups excluding carboxylic acids is 1. The smallest absolute Gasteiger partial charge is 0.254 e. The molecule has 1 fully saturated rings. The highest BCUT2D eigenvalue weighted by Gasteiger charge is 2.14. The second-order valence-electron chi connectivity index (χ2n) is 4.24. The Morgan fingerprint density at radius 1 is 1.71 bits per heavy atom. The van der Waals surface area contributed by atoms with Gasteiger partial charge < -0.3 is 10.6 Å². The molecular weight excluding hydrogens is 240 g/mol. The Kier molecular flexibility index (Phi) is 5.44. The predicted octanol–water partition coefficient (Wildman–Crippen LogP) is 0.714. The van der Waals surface area contributed by atoms with Crippen molar-refractivity contribution in [3.63, 3.8) is 0 Å². The van der Waals surface area contributed by atoms with Gasteiger partial charge in [-0.25, -0.2) is 0 Å². The highest BCUT2D eigenvalue weighted by Crippen LogP contribution is 2.07. The quantitative estimate of drug-likeness (QED) is 0.837. The van der Waals surface area contributed by atoms with Crippen molar-refractivity contribution in [3.8, 4) is 0 Å². The van der Waals surface area contributed by atoms with Crippen molar-refractivity contribution in [1.29, 1.82) is 0 Å². The normalized spacial score (nSPS) is 18.8. The summed E-state index contributed by atoms with van der Waals surface area (Å²) < 4.78 is 1.63. The molecule has 0 bridgehead atoms. The molecule has 6 heteroatoms. The summed E-state index contributed by atoms with van der Waals surface area (Å²) in [6, 6.07) is 0.578. The van der Waals surface area contributed by atoms with Crippen molar-refractivity contribution >= 4 is 18.3 Å². The predicted molar refractivity (Wildman–Crippen MR) is 68.4 cm³/mol. The van der Waals surface area contributed by atoms with E-state index in [1.165, 1.54) is 12.8 Å². The molecule has 0 unspecified atom stereocenters. The molecule has 1 atom stereocenters. The van der Waals surface area contributed by atoms with Gasteiger partial charge in [-0.05, 0) is 25.8 Å². The van der Waals surface area contributed by atoms with Crippen molar-refractivity contribution in [3.05, 3.63) is 18.0 Å². The van der Waals surface area contributed by atoms with E-state index in [-0.39, 0.29) is 18.3 Å². The van der Waals surface area contributed by atoms with E-state index in [2.05, 4.69) is 15.7 Å². The fraction of sp³-hybridized carbons (Fsp3) is 0.636. The van der Waals surface area contributed by atoms with Crippen LogP contribution < -0.4 is 10.6 Å². The zero-order chi connectivity index (χ0) is 11.4. The van der Waals surface area contributed by atoms with Crippen molar-refractivity contribution in [2.75, 3.05) is 13.1 Å². The van der Waals surface area contributed by atoms with Crippen LogP contribution in [-0.2, 0) is 7.05 Å². The maximum Gasteiger partial charge on any atom is 0.254 e. The number of hydrogen-bond donors (Lipinski definition) is 2. The molecule has 1 amide bonds. The van der Waals surface area contributed by atoms with Crippen LogP contribution in [0, 0.1) is 0 Å². The molecule has 0 aromatic carbocycles. The SMILES string of the molecule is Cl.Cn1cc(C(=O)NCC[C@H]2CCCN2)cn1. The van der Waals surface area contributed by atoms with Gasteiger partial charge in [0.1, 0.15) is 0 Å². The number of amides is 1. The molecule has 2 rings (SSSR count). The van der Waals surface area contributed by atoms with Gasteiger partial charge in [0.15, 0.2) is 0 Å². The summed E-state index contributed by atoms with van der Waals surface area (Å²) in [5.41, 5.74) is 0.627. The molecule has 17 heavy (non-hydrogen) atoms. The highest BCUT2D eigenvalue weighted by atomic mass is 35.5. The van der Waals surface area contributed by atoms with Crippen LogP contribution in [-0.4, -0.2) is 34.8 Å². The third-order valence-electron chi connectivity index (χ3n) is 2.91. The van der Waals surface area contributed by atoms with Crippen LogP contribution in [0.3, 0.4) is 0 Å². The second kappa shape index (κ2) is 6.61. The Hall–Kier alpha value is -1.07. The van der Waals surface area contributed by atoms with Gasteiger partial charge in [-0.2, -0.15) is 5.10 Å². The van der Waals surface area contributed by atoms with E-state index in [0.717, 1.165) is 19.5 Å². The Bertz CT molecular complexity index is 360. The Balaban J connectivity index is 0.00000144. The average Bonchev–Trinajstić information content (AvgIpc) is 2.89. The van der Waals surface area contributed by atoms with Gasteiger partial charge in [0.05, 0.1) is 11.8 Å². The summed E-state index contributed by atoms with van der Waals surface area (Å²) in [7, 11) is 1.80. The standard InChI is InChI=1S/C11H18N4O.ClH/c1-15-8-9(7-14-15)11(16)13-6-4-10-3-2-5-12-10;/h7-8,10,12H,2-6H2,1H3,(H,13,16);1H/t10-;/m1./s1. The lowest BCUT2D eigenvalue weighted by molar-refractivity contribution is 0.0952. The van der Waals surface area contributed by atoms with E-state index in [9.17, 15) is 4.79 Å². The maximum atomic E-state index is 11.6. The van der Waals surface area contributed by atoms with E-state index in [1.807, 2.05) is 0 Å². The zero-order valence-corrected chi connectivity index (χ0v) is 10.8. The van der Waals surface area contributed by atoms with E-state index >= 15 is 0 Å². The van der Waals surface area contributed by atoms with Gasteiger partial charge in [-0.15, -0.1) is 12.4 Å². The number of hydrogen-bond acceptors (Lipinski definition) is 3. The Morgan fingerprint density at radius 3 is 3.12 bits per heavy atom. The summed E-state index contributed by atoms with van der Waals surface area (Å²) >= 11 is 0. The molecule has 96 valence electrons. The molecule has 0 saturated carbocycles. The Labute approximate surface area is 107 Å². The molecule has 1 aliphatic rings. The number of aromatic nitrogens is 2. The third-order valence-corrected chi connectivity index (χ3v) is 2.91. The molecule has 0 spiro atoms. The first-order chi connectivity index (χ1) is 7.75.